The van der Waals surface area contributed by atoms with Gasteiger partial charge in [0.25, 0.3) is 5.91 Å². The van der Waals surface area contributed by atoms with Crippen molar-refractivity contribution in [1.29, 1.82) is 0 Å². The lowest BCUT2D eigenvalue weighted by atomic mass is 10.3. The molecule has 3 nitrogen and oxygen atoms in total. The molecule has 0 saturated heterocycles. The molecule has 2 aromatic heterocycles. The highest BCUT2D eigenvalue weighted by molar-refractivity contribution is 9.11. The summed E-state index contributed by atoms with van der Waals surface area (Å²) in [5, 5.41) is 0. The number of allylic oxidation sites excluding steroid dienone is 1. The summed E-state index contributed by atoms with van der Waals surface area (Å²) in [6.45, 7) is 3.97. The number of thiophene rings is 1. The number of pyridine rings is 1. The molecule has 0 radical (unpaired) electrons. The van der Waals surface area contributed by atoms with Crippen LogP contribution in [0.25, 0.3) is 6.08 Å². The van der Waals surface area contributed by atoms with Gasteiger partial charge in [-0.3, -0.25) is 14.4 Å². The van der Waals surface area contributed by atoms with Crippen molar-refractivity contribution in [3.8, 4) is 0 Å². The molecule has 0 amide bonds. The van der Waals surface area contributed by atoms with E-state index in [1.54, 1.807) is 28.2 Å². The zero-order valence-corrected chi connectivity index (χ0v) is 13.7. The van der Waals surface area contributed by atoms with Crippen LogP contribution in [0.5, 0.6) is 0 Å². The topological polar surface area (TPSA) is 34.4 Å². The predicted molar refractivity (Wildman–Crippen MR) is 86.8 cm³/mol. The van der Waals surface area contributed by atoms with Gasteiger partial charge in [0, 0.05) is 23.2 Å². The minimum atomic E-state index is -0.102. The van der Waals surface area contributed by atoms with Crippen LogP contribution in [-0.2, 0) is 0 Å². The number of carbonyl (C=O) groups excluding carboxylic acids is 1. The Morgan fingerprint density at radius 3 is 2.80 bits per heavy atom. The molecule has 5 heteroatoms. The first-order chi connectivity index (χ1) is 9.56. The summed E-state index contributed by atoms with van der Waals surface area (Å²) >= 11 is 4.99. The molecule has 0 spiro atoms. The molecule has 0 saturated carbocycles. The van der Waals surface area contributed by atoms with Crippen molar-refractivity contribution in [1.82, 2.24) is 4.57 Å². The lowest BCUT2D eigenvalue weighted by Crippen LogP contribution is -2.26. The molecule has 0 fully saturated rings. The first-order valence-electron chi connectivity index (χ1n) is 6.25. The van der Waals surface area contributed by atoms with E-state index in [-0.39, 0.29) is 11.9 Å². The Morgan fingerprint density at radius 1 is 1.35 bits per heavy atom. The maximum atomic E-state index is 12.2. The maximum Gasteiger partial charge on any atom is 0.256 e. The number of carbonyl (C=O) groups is 1. The highest BCUT2D eigenvalue weighted by atomic mass is 79.9. The Bertz CT molecular complexity index is 698. The average molecular weight is 351 g/mol. The van der Waals surface area contributed by atoms with E-state index in [0.29, 0.717) is 5.49 Å². The minimum Gasteiger partial charge on any atom is -0.269 e. The second kappa shape index (κ2) is 6.81. The summed E-state index contributed by atoms with van der Waals surface area (Å²) in [5.74, 6) is -0.102. The standard InChI is InChI=1S/C15H15BrN2OS/c1-11(2)17-14-5-3-4-10-18(14)15(19)9-7-12-6-8-13(16)20-12/h3-11H,1-2H3/b9-7+,17-14?. The van der Waals surface area contributed by atoms with Crippen molar-refractivity contribution in [3.63, 3.8) is 0 Å². The molecule has 0 aliphatic rings. The van der Waals surface area contributed by atoms with Gasteiger partial charge in [-0.25, -0.2) is 0 Å². The number of hydrogen-bond acceptors (Lipinski definition) is 3. The van der Waals surface area contributed by atoms with Gasteiger partial charge in [-0.1, -0.05) is 6.07 Å². The van der Waals surface area contributed by atoms with Crippen LogP contribution in [0.4, 0.5) is 0 Å². The third-order valence-electron chi connectivity index (χ3n) is 2.45. The zero-order valence-electron chi connectivity index (χ0n) is 11.3. The number of nitrogens with zero attached hydrogens (tertiary/aromatic N) is 2. The van der Waals surface area contributed by atoms with Crippen LogP contribution < -0.4 is 5.49 Å². The summed E-state index contributed by atoms with van der Waals surface area (Å²) in [7, 11) is 0. The van der Waals surface area contributed by atoms with Crippen LogP contribution in [0.2, 0.25) is 0 Å². The van der Waals surface area contributed by atoms with Gasteiger partial charge < -0.3 is 0 Å². The Balaban J connectivity index is 2.28. The lowest BCUT2D eigenvalue weighted by Gasteiger charge is -2.03. The summed E-state index contributed by atoms with van der Waals surface area (Å²) < 4.78 is 2.60. The zero-order chi connectivity index (χ0) is 14.5. The molecule has 0 unspecified atom stereocenters. The molecule has 0 atom stereocenters. The first kappa shape index (κ1) is 14.9. The fraction of sp³-hybridized carbons (Fsp3) is 0.200. The van der Waals surface area contributed by atoms with Gasteiger partial charge in [0.15, 0.2) is 0 Å². The highest BCUT2D eigenvalue weighted by Gasteiger charge is 2.02. The van der Waals surface area contributed by atoms with Crippen LogP contribution >= 0.6 is 27.3 Å². The molecule has 2 rings (SSSR count). The molecule has 0 bridgehead atoms. The van der Waals surface area contributed by atoms with Gasteiger partial charge in [0.2, 0.25) is 0 Å². The Hall–Kier alpha value is -1.46. The summed E-state index contributed by atoms with van der Waals surface area (Å²) in [6, 6.07) is 9.62. The van der Waals surface area contributed by atoms with E-state index >= 15 is 0 Å². The average Bonchev–Trinajstić information content (AvgIpc) is 2.82. The third-order valence-corrected chi connectivity index (χ3v) is 4.04. The van der Waals surface area contributed by atoms with Gasteiger partial charge in [0.05, 0.1) is 3.79 Å². The normalized spacial score (nSPS) is 12.5. The monoisotopic (exact) mass is 350 g/mol. The van der Waals surface area contributed by atoms with E-state index in [1.165, 1.54) is 0 Å². The van der Waals surface area contributed by atoms with Crippen molar-refractivity contribution in [2.45, 2.75) is 19.9 Å². The van der Waals surface area contributed by atoms with Crippen molar-refractivity contribution >= 4 is 39.2 Å². The highest BCUT2D eigenvalue weighted by Crippen LogP contribution is 2.22. The van der Waals surface area contributed by atoms with E-state index in [9.17, 15) is 4.79 Å². The Morgan fingerprint density at radius 2 is 2.15 bits per heavy atom. The molecule has 0 aromatic carbocycles. The van der Waals surface area contributed by atoms with Gasteiger partial charge in [-0.05, 0) is 60.1 Å². The minimum absolute atomic E-state index is 0.102. The smallest absolute Gasteiger partial charge is 0.256 e. The van der Waals surface area contributed by atoms with Crippen molar-refractivity contribution in [2.75, 3.05) is 0 Å². The van der Waals surface area contributed by atoms with Crippen LogP contribution in [0, 0.1) is 0 Å². The van der Waals surface area contributed by atoms with E-state index in [2.05, 4.69) is 20.9 Å². The van der Waals surface area contributed by atoms with Gasteiger partial charge in [0.1, 0.15) is 5.49 Å². The summed E-state index contributed by atoms with van der Waals surface area (Å²) in [5.41, 5.74) is 0.671. The van der Waals surface area contributed by atoms with E-state index in [4.69, 9.17) is 0 Å². The van der Waals surface area contributed by atoms with Crippen LogP contribution in [0.1, 0.15) is 23.5 Å². The number of rotatable bonds is 3. The van der Waals surface area contributed by atoms with Crippen molar-refractivity contribution in [2.24, 2.45) is 4.99 Å². The quantitative estimate of drug-likeness (QED) is 0.771. The second-order valence-corrected chi connectivity index (χ2v) is 6.96. The van der Waals surface area contributed by atoms with E-state index in [0.717, 1.165) is 8.66 Å². The first-order valence-corrected chi connectivity index (χ1v) is 7.86. The SMILES string of the molecule is CC(C)N=c1ccccn1C(=O)/C=C/c1ccc(Br)s1. The second-order valence-electron chi connectivity index (χ2n) is 4.47. The summed E-state index contributed by atoms with van der Waals surface area (Å²) in [6.07, 6.45) is 5.12. The number of hydrogen-bond donors (Lipinski definition) is 0. The fourth-order valence-corrected chi connectivity index (χ4v) is 2.97. The molecule has 20 heavy (non-hydrogen) atoms. The van der Waals surface area contributed by atoms with Crippen LogP contribution in [0.15, 0.2) is 51.4 Å². The largest absolute Gasteiger partial charge is 0.269 e. The summed E-state index contributed by atoms with van der Waals surface area (Å²) in [4.78, 5) is 17.7. The maximum absolute atomic E-state index is 12.2. The fourth-order valence-electron chi connectivity index (χ4n) is 1.64. The number of aromatic nitrogens is 1. The van der Waals surface area contributed by atoms with Crippen molar-refractivity contribution < 1.29 is 4.79 Å². The molecule has 0 aliphatic carbocycles. The molecule has 104 valence electrons. The van der Waals surface area contributed by atoms with Crippen LogP contribution in [-0.4, -0.2) is 16.5 Å². The third kappa shape index (κ3) is 4.02. The van der Waals surface area contributed by atoms with Gasteiger partial charge in [-0.15, -0.1) is 11.3 Å². The molecule has 0 N–H and O–H groups in total. The Labute approximate surface area is 130 Å². The molecule has 0 aliphatic heterocycles. The molecular weight excluding hydrogens is 336 g/mol. The lowest BCUT2D eigenvalue weighted by molar-refractivity contribution is 0.0964. The van der Waals surface area contributed by atoms with E-state index < -0.39 is 0 Å². The van der Waals surface area contributed by atoms with Crippen molar-refractivity contribution in [3.05, 3.63) is 56.8 Å². The number of halogens is 1. The van der Waals surface area contributed by atoms with Crippen LogP contribution in [0.3, 0.4) is 0 Å². The predicted octanol–water partition coefficient (Wildman–Crippen LogP) is 3.97. The molecule has 2 aromatic rings. The Kier molecular flexibility index (Phi) is 5.09. The van der Waals surface area contributed by atoms with E-state index in [1.807, 2.05) is 50.3 Å². The molecule has 2 heterocycles. The van der Waals surface area contributed by atoms with Gasteiger partial charge >= 0.3 is 0 Å². The molecular formula is C15H15BrN2OS. The van der Waals surface area contributed by atoms with Gasteiger partial charge in [-0.2, -0.15) is 0 Å².